The molecule has 2 nitrogen and oxygen atoms in total. The number of amides is 1. The lowest BCUT2D eigenvalue weighted by atomic mass is 9.79. The minimum atomic E-state index is 0.0338. The summed E-state index contributed by atoms with van der Waals surface area (Å²) in [5, 5.41) is 3.08. The lowest BCUT2D eigenvalue weighted by molar-refractivity contribution is -0.124. The second-order valence-corrected chi connectivity index (χ2v) is 6.39. The van der Waals surface area contributed by atoms with Crippen LogP contribution in [0.15, 0.2) is 0 Å². The quantitative estimate of drug-likeness (QED) is 0.683. The Hall–Kier alpha value is 0.430. The summed E-state index contributed by atoms with van der Waals surface area (Å²) in [6.45, 7) is 0. The molecular formula is C9H13Br2NO. The molecule has 0 aromatic rings. The first kappa shape index (κ1) is 9.97. The first-order valence-corrected chi connectivity index (χ1v) is 6.58. The van der Waals surface area contributed by atoms with E-state index in [1.54, 1.807) is 0 Å². The second-order valence-electron chi connectivity index (χ2n) is 3.99. The summed E-state index contributed by atoms with van der Waals surface area (Å²) >= 11 is 7.07. The highest BCUT2D eigenvalue weighted by atomic mass is 79.9. The van der Waals surface area contributed by atoms with Gasteiger partial charge in [0.2, 0.25) is 5.91 Å². The molecule has 0 aromatic carbocycles. The van der Waals surface area contributed by atoms with Crippen molar-refractivity contribution in [3.05, 3.63) is 0 Å². The maximum absolute atomic E-state index is 11.4. The van der Waals surface area contributed by atoms with Crippen LogP contribution in [0.25, 0.3) is 0 Å². The van der Waals surface area contributed by atoms with Crippen LogP contribution in [0.2, 0.25) is 0 Å². The zero-order valence-corrected chi connectivity index (χ0v) is 10.5. The van der Waals surface area contributed by atoms with E-state index in [0.717, 1.165) is 12.8 Å². The molecule has 2 aliphatic rings. The Balaban J connectivity index is 2.02. The Morgan fingerprint density at radius 2 is 2.00 bits per heavy atom. The summed E-state index contributed by atoms with van der Waals surface area (Å²) in [4.78, 5) is 12.1. The van der Waals surface area contributed by atoms with Crippen LogP contribution in [0.3, 0.4) is 0 Å². The van der Waals surface area contributed by atoms with E-state index >= 15 is 0 Å². The van der Waals surface area contributed by atoms with Gasteiger partial charge in [0.15, 0.2) is 0 Å². The van der Waals surface area contributed by atoms with Gasteiger partial charge in [0, 0.05) is 10.9 Å². The van der Waals surface area contributed by atoms with E-state index in [1.807, 2.05) is 0 Å². The van der Waals surface area contributed by atoms with E-state index in [2.05, 4.69) is 37.2 Å². The monoisotopic (exact) mass is 309 g/mol. The Labute approximate surface area is 95.1 Å². The Morgan fingerprint density at radius 1 is 1.23 bits per heavy atom. The fourth-order valence-corrected chi connectivity index (χ4v) is 3.66. The SMILES string of the molecule is O=C1NC2CCC(Br)CC2CC1Br. The molecule has 0 radical (unpaired) electrons. The number of carbonyl (C=O) groups excluding carboxylic acids is 1. The third-order valence-corrected chi connectivity index (χ3v) is 4.66. The van der Waals surface area contributed by atoms with Crippen molar-refractivity contribution in [2.45, 2.75) is 41.4 Å². The fourth-order valence-electron chi connectivity index (χ4n) is 2.30. The summed E-state index contributed by atoms with van der Waals surface area (Å²) in [6, 6.07) is 0.440. The first-order valence-electron chi connectivity index (χ1n) is 4.75. The summed E-state index contributed by atoms with van der Waals surface area (Å²) in [6.07, 6.45) is 4.52. The van der Waals surface area contributed by atoms with E-state index in [4.69, 9.17) is 0 Å². The van der Waals surface area contributed by atoms with Crippen LogP contribution in [-0.2, 0) is 4.79 Å². The number of piperidine rings is 1. The van der Waals surface area contributed by atoms with E-state index in [1.165, 1.54) is 12.8 Å². The van der Waals surface area contributed by atoms with Crippen molar-refractivity contribution >= 4 is 37.8 Å². The van der Waals surface area contributed by atoms with Crippen molar-refractivity contribution in [2.24, 2.45) is 5.92 Å². The highest BCUT2D eigenvalue weighted by molar-refractivity contribution is 9.10. The molecule has 4 heteroatoms. The van der Waals surface area contributed by atoms with Crippen LogP contribution in [0, 0.1) is 5.92 Å². The normalized spacial score (nSPS) is 45.2. The van der Waals surface area contributed by atoms with Crippen molar-refractivity contribution in [1.29, 1.82) is 0 Å². The average Bonchev–Trinajstić information content (AvgIpc) is 2.08. The molecule has 1 saturated carbocycles. The maximum Gasteiger partial charge on any atom is 0.234 e. The van der Waals surface area contributed by atoms with Crippen molar-refractivity contribution in [3.63, 3.8) is 0 Å². The van der Waals surface area contributed by atoms with Gasteiger partial charge in [-0.15, -0.1) is 0 Å². The van der Waals surface area contributed by atoms with E-state index in [9.17, 15) is 4.79 Å². The van der Waals surface area contributed by atoms with Crippen LogP contribution < -0.4 is 5.32 Å². The average molecular weight is 311 g/mol. The summed E-state index contributed by atoms with van der Waals surface area (Å²) < 4.78 is 0. The molecule has 1 aliphatic carbocycles. The first-order chi connectivity index (χ1) is 6.16. The van der Waals surface area contributed by atoms with Gasteiger partial charge < -0.3 is 5.32 Å². The molecule has 1 saturated heterocycles. The van der Waals surface area contributed by atoms with E-state index < -0.39 is 0 Å². The standard InChI is InChI=1S/C9H13Br2NO/c10-6-1-2-8-5(3-6)4-7(11)9(13)12-8/h5-8H,1-4H2,(H,12,13). The van der Waals surface area contributed by atoms with Crippen LogP contribution in [0.1, 0.15) is 25.7 Å². The summed E-state index contributed by atoms with van der Waals surface area (Å²) in [5.74, 6) is 0.842. The molecule has 2 rings (SSSR count). The number of carbonyl (C=O) groups is 1. The number of halogens is 2. The molecule has 2 fully saturated rings. The van der Waals surface area contributed by atoms with Gasteiger partial charge in [0.1, 0.15) is 0 Å². The predicted octanol–water partition coefficient (Wildman–Crippen LogP) is 2.20. The summed E-state index contributed by atoms with van der Waals surface area (Å²) in [7, 11) is 0. The third kappa shape index (κ3) is 2.09. The molecule has 0 bridgehead atoms. The molecule has 0 spiro atoms. The zero-order valence-electron chi connectivity index (χ0n) is 7.30. The molecule has 1 N–H and O–H groups in total. The minimum Gasteiger partial charge on any atom is -0.352 e. The molecule has 1 heterocycles. The number of rotatable bonds is 0. The van der Waals surface area contributed by atoms with Crippen LogP contribution in [0.4, 0.5) is 0 Å². The second kappa shape index (κ2) is 3.89. The van der Waals surface area contributed by atoms with Crippen molar-refractivity contribution < 1.29 is 4.79 Å². The van der Waals surface area contributed by atoms with Crippen molar-refractivity contribution in [1.82, 2.24) is 5.32 Å². The minimum absolute atomic E-state index is 0.0338. The van der Waals surface area contributed by atoms with Gasteiger partial charge in [-0.2, -0.15) is 0 Å². The molecular weight excluding hydrogens is 298 g/mol. The van der Waals surface area contributed by atoms with Gasteiger partial charge in [-0.25, -0.2) is 0 Å². The Bertz CT molecular complexity index is 222. The van der Waals surface area contributed by atoms with Gasteiger partial charge in [0.05, 0.1) is 4.83 Å². The Morgan fingerprint density at radius 3 is 2.77 bits per heavy atom. The highest BCUT2D eigenvalue weighted by Gasteiger charge is 2.37. The van der Waals surface area contributed by atoms with Gasteiger partial charge in [-0.1, -0.05) is 31.9 Å². The number of alkyl halides is 2. The van der Waals surface area contributed by atoms with Crippen LogP contribution in [0.5, 0.6) is 0 Å². The predicted molar refractivity (Wildman–Crippen MR) is 59.3 cm³/mol. The van der Waals surface area contributed by atoms with E-state index in [-0.39, 0.29) is 10.7 Å². The Kier molecular flexibility index (Phi) is 2.98. The van der Waals surface area contributed by atoms with Gasteiger partial charge in [-0.05, 0) is 31.6 Å². The molecule has 1 aliphatic heterocycles. The van der Waals surface area contributed by atoms with Crippen molar-refractivity contribution in [2.75, 3.05) is 0 Å². The highest BCUT2D eigenvalue weighted by Crippen LogP contribution is 2.35. The fraction of sp³-hybridized carbons (Fsp3) is 0.889. The number of hydrogen-bond donors (Lipinski definition) is 1. The maximum atomic E-state index is 11.4. The van der Waals surface area contributed by atoms with Gasteiger partial charge in [0.25, 0.3) is 0 Å². The number of nitrogens with one attached hydrogen (secondary N) is 1. The lowest BCUT2D eigenvalue weighted by Crippen LogP contribution is -2.52. The largest absolute Gasteiger partial charge is 0.352 e. The third-order valence-electron chi connectivity index (χ3n) is 3.04. The zero-order chi connectivity index (χ0) is 9.42. The topological polar surface area (TPSA) is 29.1 Å². The molecule has 4 unspecified atom stereocenters. The van der Waals surface area contributed by atoms with Gasteiger partial charge in [-0.3, -0.25) is 4.79 Å². The van der Waals surface area contributed by atoms with Crippen LogP contribution >= 0.6 is 31.9 Å². The van der Waals surface area contributed by atoms with Crippen molar-refractivity contribution in [3.8, 4) is 0 Å². The molecule has 1 amide bonds. The summed E-state index contributed by atoms with van der Waals surface area (Å²) in [5.41, 5.74) is 0. The molecule has 4 atom stereocenters. The lowest BCUT2D eigenvalue weighted by Gasteiger charge is -2.39. The molecule has 0 aromatic heterocycles. The number of fused-ring (bicyclic) bond motifs is 1. The molecule has 13 heavy (non-hydrogen) atoms. The molecule has 74 valence electrons. The van der Waals surface area contributed by atoms with Gasteiger partial charge >= 0.3 is 0 Å². The smallest absolute Gasteiger partial charge is 0.234 e. The van der Waals surface area contributed by atoms with Crippen LogP contribution in [-0.4, -0.2) is 21.6 Å². The number of hydrogen-bond acceptors (Lipinski definition) is 1. The van der Waals surface area contributed by atoms with E-state index in [0.29, 0.717) is 16.8 Å².